The average Bonchev–Trinajstić information content (AvgIpc) is 3.23. The third-order valence-corrected chi connectivity index (χ3v) is 4.17. The number of rotatable bonds is 7. The fourth-order valence-electron chi connectivity index (χ4n) is 2.62. The van der Waals surface area contributed by atoms with E-state index in [-0.39, 0.29) is 6.04 Å². The molecule has 1 aliphatic carbocycles. The molecule has 0 aromatic heterocycles. The Balaban J connectivity index is 1.97. The highest BCUT2D eigenvalue weighted by Gasteiger charge is 2.28. The van der Waals surface area contributed by atoms with Gasteiger partial charge >= 0.3 is 0 Å². The highest BCUT2D eigenvalue weighted by Crippen LogP contribution is 2.36. The molecule has 106 valence electrons. The zero-order chi connectivity index (χ0) is 13.8. The van der Waals surface area contributed by atoms with Gasteiger partial charge in [-0.1, -0.05) is 19.1 Å². The number of hydrogen-bond acceptors (Lipinski definition) is 3. The number of hydrogen-bond donors (Lipinski definition) is 2. The Morgan fingerprint density at radius 2 is 2.16 bits per heavy atom. The molecule has 0 radical (unpaired) electrons. The molecule has 1 fully saturated rings. The van der Waals surface area contributed by atoms with Crippen LogP contribution in [-0.2, 0) is 0 Å². The SMILES string of the molecule is COc1ccc(C(CN)NCC(C)C2CC2)cc1C. The Bertz CT molecular complexity index is 415. The summed E-state index contributed by atoms with van der Waals surface area (Å²) >= 11 is 0. The largest absolute Gasteiger partial charge is 0.496 e. The number of nitrogens with two attached hydrogens (primary N) is 1. The van der Waals surface area contributed by atoms with Crippen LogP contribution in [-0.4, -0.2) is 20.2 Å². The van der Waals surface area contributed by atoms with Crippen molar-refractivity contribution < 1.29 is 4.74 Å². The minimum atomic E-state index is 0.241. The number of benzene rings is 1. The van der Waals surface area contributed by atoms with Crippen LogP contribution in [0.3, 0.4) is 0 Å². The molecule has 3 heteroatoms. The van der Waals surface area contributed by atoms with Crippen LogP contribution in [0.5, 0.6) is 5.75 Å². The van der Waals surface area contributed by atoms with E-state index in [4.69, 9.17) is 10.5 Å². The van der Waals surface area contributed by atoms with Crippen molar-refractivity contribution >= 4 is 0 Å². The van der Waals surface area contributed by atoms with Gasteiger partial charge in [0.25, 0.3) is 0 Å². The molecule has 0 spiro atoms. The van der Waals surface area contributed by atoms with E-state index in [2.05, 4.69) is 31.3 Å². The lowest BCUT2D eigenvalue weighted by atomic mass is 10.0. The Morgan fingerprint density at radius 1 is 1.42 bits per heavy atom. The molecule has 3 nitrogen and oxygen atoms in total. The van der Waals surface area contributed by atoms with Crippen molar-refractivity contribution in [1.82, 2.24) is 5.32 Å². The highest BCUT2D eigenvalue weighted by molar-refractivity contribution is 5.37. The van der Waals surface area contributed by atoms with Crippen LogP contribution >= 0.6 is 0 Å². The van der Waals surface area contributed by atoms with Gasteiger partial charge in [0.2, 0.25) is 0 Å². The summed E-state index contributed by atoms with van der Waals surface area (Å²) in [6, 6.07) is 6.55. The van der Waals surface area contributed by atoms with Crippen molar-refractivity contribution in [3.8, 4) is 5.75 Å². The van der Waals surface area contributed by atoms with E-state index in [9.17, 15) is 0 Å². The minimum absolute atomic E-state index is 0.241. The summed E-state index contributed by atoms with van der Waals surface area (Å²) in [5.74, 6) is 2.63. The van der Waals surface area contributed by atoms with Gasteiger partial charge in [-0.15, -0.1) is 0 Å². The lowest BCUT2D eigenvalue weighted by Crippen LogP contribution is -2.32. The second kappa shape index (κ2) is 6.40. The molecule has 2 unspecified atom stereocenters. The first-order valence-electron chi connectivity index (χ1n) is 7.23. The topological polar surface area (TPSA) is 47.3 Å². The summed E-state index contributed by atoms with van der Waals surface area (Å²) in [5, 5.41) is 3.61. The van der Waals surface area contributed by atoms with E-state index in [0.717, 1.165) is 29.7 Å². The third-order valence-electron chi connectivity index (χ3n) is 4.17. The van der Waals surface area contributed by atoms with Gasteiger partial charge in [0.1, 0.15) is 5.75 Å². The van der Waals surface area contributed by atoms with Crippen molar-refractivity contribution in [2.75, 3.05) is 20.2 Å². The minimum Gasteiger partial charge on any atom is -0.496 e. The maximum Gasteiger partial charge on any atom is 0.121 e. The molecule has 1 aromatic carbocycles. The zero-order valence-corrected chi connectivity index (χ0v) is 12.3. The van der Waals surface area contributed by atoms with Gasteiger partial charge < -0.3 is 15.8 Å². The molecule has 0 aliphatic heterocycles. The molecule has 0 bridgehead atoms. The first-order chi connectivity index (χ1) is 9.15. The van der Waals surface area contributed by atoms with Crippen LogP contribution in [0.2, 0.25) is 0 Å². The van der Waals surface area contributed by atoms with Crippen LogP contribution in [0.15, 0.2) is 18.2 Å². The lowest BCUT2D eigenvalue weighted by Gasteiger charge is -2.21. The van der Waals surface area contributed by atoms with E-state index in [1.54, 1.807) is 7.11 Å². The molecule has 1 aromatic rings. The van der Waals surface area contributed by atoms with Gasteiger partial charge in [-0.2, -0.15) is 0 Å². The van der Waals surface area contributed by atoms with Crippen molar-refractivity contribution in [2.45, 2.75) is 32.7 Å². The quantitative estimate of drug-likeness (QED) is 0.794. The second-order valence-electron chi connectivity index (χ2n) is 5.74. The van der Waals surface area contributed by atoms with Crippen molar-refractivity contribution in [3.05, 3.63) is 29.3 Å². The van der Waals surface area contributed by atoms with Crippen molar-refractivity contribution in [3.63, 3.8) is 0 Å². The fourth-order valence-corrected chi connectivity index (χ4v) is 2.62. The van der Waals surface area contributed by atoms with Crippen LogP contribution in [0, 0.1) is 18.8 Å². The molecule has 19 heavy (non-hydrogen) atoms. The van der Waals surface area contributed by atoms with Gasteiger partial charge in [-0.25, -0.2) is 0 Å². The smallest absolute Gasteiger partial charge is 0.121 e. The van der Waals surface area contributed by atoms with E-state index >= 15 is 0 Å². The van der Waals surface area contributed by atoms with Crippen LogP contribution in [0.4, 0.5) is 0 Å². The highest BCUT2D eigenvalue weighted by atomic mass is 16.5. The Hall–Kier alpha value is -1.06. The summed E-state index contributed by atoms with van der Waals surface area (Å²) in [6.07, 6.45) is 2.80. The number of aryl methyl sites for hydroxylation is 1. The number of nitrogens with one attached hydrogen (secondary N) is 1. The maximum absolute atomic E-state index is 5.91. The average molecular weight is 262 g/mol. The predicted octanol–water partition coefficient (Wildman–Crippen LogP) is 2.64. The summed E-state index contributed by atoms with van der Waals surface area (Å²) in [7, 11) is 1.71. The van der Waals surface area contributed by atoms with E-state index in [0.29, 0.717) is 6.54 Å². The maximum atomic E-state index is 5.91. The summed E-state index contributed by atoms with van der Waals surface area (Å²) in [5.41, 5.74) is 8.33. The first-order valence-corrected chi connectivity index (χ1v) is 7.23. The summed E-state index contributed by atoms with van der Waals surface area (Å²) < 4.78 is 5.30. The molecular weight excluding hydrogens is 236 g/mol. The Kier molecular flexibility index (Phi) is 4.83. The molecule has 0 amide bonds. The monoisotopic (exact) mass is 262 g/mol. The van der Waals surface area contributed by atoms with Gasteiger partial charge in [0.15, 0.2) is 0 Å². The van der Waals surface area contributed by atoms with E-state index in [1.807, 2.05) is 6.07 Å². The van der Waals surface area contributed by atoms with Crippen molar-refractivity contribution in [1.29, 1.82) is 0 Å². The van der Waals surface area contributed by atoms with Gasteiger partial charge in [-0.05, 0) is 55.3 Å². The van der Waals surface area contributed by atoms with Crippen LogP contribution in [0.25, 0.3) is 0 Å². The fraction of sp³-hybridized carbons (Fsp3) is 0.625. The van der Waals surface area contributed by atoms with E-state index < -0.39 is 0 Å². The molecule has 1 aliphatic rings. The van der Waals surface area contributed by atoms with Gasteiger partial charge in [0, 0.05) is 12.6 Å². The first kappa shape index (κ1) is 14.4. The molecule has 2 atom stereocenters. The standard InChI is InChI=1S/C16H26N2O/c1-11-8-14(6-7-16(11)19-3)15(9-17)18-10-12(2)13-4-5-13/h6-8,12-13,15,18H,4-5,9-10,17H2,1-3H3. The Labute approximate surface area is 116 Å². The summed E-state index contributed by atoms with van der Waals surface area (Å²) in [6.45, 7) is 6.08. The molecular formula is C16H26N2O. The molecule has 3 N–H and O–H groups in total. The van der Waals surface area contributed by atoms with Crippen LogP contribution < -0.4 is 15.8 Å². The normalized spacial score (nSPS) is 18.1. The second-order valence-corrected chi connectivity index (χ2v) is 5.74. The number of ether oxygens (including phenoxy) is 1. The zero-order valence-electron chi connectivity index (χ0n) is 12.3. The molecule has 0 saturated heterocycles. The van der Waals surface area contributed by atoms with Crippen molar-refractivity contribution in [2.24, 2.45) is 17.6 Å². The Morgan fingerprint density at radius 3 is 2.68 bits per heavy atom. The van der Waals surface area contributed by atoms with Crippen LogP contribution in [0.1, 0.15) is 36.9 Å². The van der Waals surface area contributed by atoms with Gasteiger partial charge in [-0.3, -0.25) is 0 Å². The predicted molar refractivity (Wildman–Crippen MR) is 79.4 cm³/mol. The molecule has 2 rings (SSSR count). The summed E-state index contributed by atoms with van der Waals surface area (Å²) in [4.78, 5) is 0. The number of methoxy groups -OCH3 is 1. The van der Waals surface area contributed by atoms with Gasteiger partial charge in [0.05, 0.1) is 7.11 Å². The molecule has 0 heterocycles. The third kappa shape index (κ3) is 3.71. The van der Waals surface area contributed by atoms with E-state index in [1.165, 1.54) is 18.4 Å². The molecule has 1 saturated carbocycles. The lowest BCUT2D eigenvalue weighted by molar-refractivity contribution is 0.409.